The van der Waals surface area contributed by atoms with Gasteiger partial charge in [0.15, 0.2) is 6.10 Å². The monoisotopic (exact) mass is 659 g/mol. The lowest BCUT2D eigenvalue weighted by atomic mass is 9.76. The van der Waals surface area contributed by atoms with Gasteiger partial charge in [-0.2, -0.15) is 0 Å². The highest BCUT2D eigenvalue weighted by atomic mass is 16.7. The van der Waals surface area contributed by atoms with Gasteiger partial charge in [0.2, 0.25) is 12.7 Å². The van der Waals surface area contributed by atoms with Gasteiger partial charge < -0.3 is 28.4 Å². The Morgan fingerprint density at radius 3 is 2.06 bits per heavy atom. The van der Waals surface area contributed by atoms with Crippen LogP contribution in [-0.2, 0) is 49.3 Å². The third-order valence-electron chi connectivity index (χ3n) is 7.63. The molecule has 260 valence electrons. The number of ether oxygens (including phenoxy) is 6. The minimum atomic E-state index is -0.906. The van der Waals surface area contributed by atoms with Crippen LogP contribution in [0.5, 0.6) is 5.75 Å². The molecule has 0 spiro atoms. The molecule has 2 aromatic rings. The molecule has 47 heavy (non-hydrogen) atoms. The van der Waals surface area contributed by atoms with E-state index in [0.29, 0.717) is 25.0 Å². The minimum Gasteiger partial charge on any atom is -0.497 e. The van der Waals surface area contributed by atoms with Crippen molar-refractivity contribution in [1.82, 2.24) is 4.90 Å². The smallest absolute Gasteiger partial charge is 0.419 e. The van der Waals surface area contributed by atoms with Gasteiger partial charge in [0, 0.05) is 27.5 Å². The molecule has 0 N–H and O–H groups in total. The Hall–Kier alpha value is -4.19. The largest absolute Gasteiger partial charge is 0.497 e. The molecule has 0 heterocycles. The molecule has 1 unspecified atom stereocenters. The fourth-order valence-electron chi connectivity index (χ4n) is 4.92. The SMILES string of the molecule is COCC(COC(C)=O)OC(=O)CC(C)(C)CCC(C)(C)CC(=O)OCOC(=O)N(CCc1cccc2ccc(OC)cc12)C(C)=O. The lowest BCUT2D eigenvalue weighted by Gasteiger charge is -2.30. The number of fused-ring (bicyclic) bond motifs is 1. The molecule has 2 rings (SSSR count). The molecule has 0 aliphatic heterocycles. The number of amides is 2. The van der Waals surface area contributed by atoms with Crippen molar-refractivity contribution in [3.05, 3.63) is 42.0 Å². The summed E-state index contributed by atoms with van der Waals surface area (Å²) in [7, 11) is 3.05. The van der Waals surface area contributed by atoms with Crippen molar-refractivity contribution in [3.63, 3.8) is 0 Å². The van der Waals surface area contributed by atoms with Crippen LogP contribution < -0.4 is 4.74 Å². The maximum absolute atomic E-state index is 12.7. The average Bonchev–Trinajstić information content (AvgIpc) is 2.98. The van der Waals surface area contributed by atoms with Gasteiger partial charge in [-0.25, -0.2) is 9.69 Å². The molecule has 0 saturated heterocycles. The Bertz CT molecular complexity index is 1380. The van der Waals surface area contributed by atoms with Crippen LogP contribution in [0.4, 0.5) is 4.79 Å². The molecule has 12 heteroatoms. The molecular weight excluding hydrogens is 610 g/mol. The van der Waals surface area contributed by atoms with Crippen molar-refractivity contribution >= 4 is 40.7 Å². The van der Waals surface area contributed by atoms with Gasteiger partial charge in [-0.3, -0.25) is 19.2 Å². The Morgan fingerprint density at radius 2 is 1.47 bits per heavy atom. The Morgan fingerprint density at radius 1 is 0.809 bits per heavy atom. The predicted molar refractivity (Wildman–Crippen MR) is 173 cm³/mol. The summed E-state index contributed by atoms with van der Waals surface area (Å²) in [6.45, 7) is 9.66. The molecule has 12 nitrogen and oxygen atoms in total. The van der Waals surface area contributed by atoms with E-state index >= 15 is 0 Å². The van der Waals surface area contributed by atoms with E-state index in [1.165, 1.54) is 21.0 Å². The number of benzene rings is 2. The van der Waals surface area contributed by atoms with Crippen molar-refractivity contribution in [2.75, 3.05) is 40.8 Å². The second-order valence-corrected chi connectivity index (χ2v) is 13.0. The van der Waals surface area contributed by atoms with Crippen LogP contribution in [0.25, 0.3) is 10.8 Å². The standard InChI is InChI=1S/C35H49NO11/c1-24(37)36(17-14-27-11-9-10-26-12-13-28(43-8)18-30(26)27)33(41)46-23-45-31(39)19-34(3,4)15-16-35(5,6)20-32(40)47-29(21-42-7)22-44-25(2)38/h9-13,18,29H,14-17,19-23H2,1-8H3. The van der Waals surface area contributed by atoms with Crippen LogP contribution in [0.1, 0.15) is 72.8 Å². The van der Waals surface area contributed by atoms with Gasteiger partial charge in [0.25, 0.3) is 0 Å². The van der Waals surface area contributed by atoms with Crippen molar-refractivity contribution < 1.29 is 52.4 Å². The summed E-state index contributed by atoms with van der Waals surface area (Å²) in [6.07, 6.45) is 0.141. The van der Waals surface area contributed by atoms with Gasteiger partial charge in [-0.15, -0.1) is 0 Å². The van der Waals surface area contributed by atoms with Crippen LogP contribution >= 0.6 is 0 Å². The zero-order valence-electron chi connectivity index (χ0n) is 28.8. The van der Waals surface area contributed by atoms with Gasteiger partial charge in [-0.05, 0) is 58.6 Å². The number of imide groups is 1. The first-order chi connectivity index (χ1) is 22.1. The van der Waals surface area contributed by atoms with Crippen molar-refractivity contribution in [2.45, 2.75) is 79.8 Å². The van der Waals surface area contributed by atoms with E-state index in [1.54, 1.807) is 7.11 Å². The molecule has 2 amide bonds. The summed E-state index contributed by atoms with van der Waals surface area (Å²) in [5, 5.41) is 1.96. The molecule has 0 aromatic heterocycles. The summed E-state index contributed by atoms with van der Waals surface area (Å²) >= 11 is 0. The van der Waals surface area contributed by atoms with Gasteiger partial charge in [0.05, 0.1) is 26.6 Å². The molecule has 1 atom stereocenters. The van der Waals surface area contributed by atoms with Crippen LogP contribution in [0.2, 0.25) is 0 Å². The predicted octanol–water partition coefficient (Wildman–Crippen LogP) is 5.61. The number of nitrogens with zero attached hydrogens (tertiary/aromatic N) is 1. The van der Waals surface area contributed by atoms with Crippen LogP contribution in [-0.4, -0.2) is 81.7 Å². The maximum atomic E-state index is 12.7. The van der Waals surface area contributed by atoms with Gasteiger partial charge in [-0.1, -0.05) is 52.0 Å². The molecule has 0 radical (unpaired) electrons. The molecule has 0 bridgehead atoms. The van der Waals surface area contributed by atoms with Crippen molar-refractivity contribution in [1.29, 1.82) is 0 Å². The number of carbonyl (C=O) groups is 5. The topological polar surface area (TPSA) is 144 Å². The zero-order chi connectivity index (χ0) is 35.2. The number of hydrogen-bond donors (Lipinski definition) is 0. The van der Waals surface area contributed by atoms with Crippen LogP contribution in [0.3, 0.4) is 0 Å². The number of methoxy groups -OCH3 is 2. The van der Waals surface area contributed by atoms with Gasteiger partial charge in [0.1, 0.15) is 12.4 Å². The summed E-state index contributed by atoms with van der Waals surface area (Å²) in [5.41, 5.74) is 0.00726. The second kappa shape index (κ2) is 18.2. The molecule has 0 aliphatic carbocycles. The van der Waals surface area contributed by atoms with E-state index in [-0.39, 0.29) is 32.6 Å². The number of rotatable bonds is 18. The quantitative estimate of drug-likeness (QED) is 0.112. The van der Waals surface area contributed by atoms with E-state index in [4.69, 9.17) is 28.4 Å². The van der Waals surface area contributed by atoms with E-state index in [2.05, 4.69) is 0 Å². The summed E-state index contributed by atoms with van der Waals surface area (Å²) in [6, 6.07) is 11.5. The first kappa shape index (κ1) is 39.0. The lowest BCUT2D eigenvalue weighted by molar-refractivity contribution is -0.163. The molecule has 2 aromatic carbocycles. The normalized spacial score (nSPS) is 12.2. The maximum Gasteiger partial charge on any atom is 0.419 e. The molecular formula is C35H49NO11. The zero-order valence-corrected chi connectivity index (χ0v) is 28.8. The summed E-state index contributed by atoms with van der Waals surface area (Å²) < 4.78 is 31.1. The highest BCUT2D eigenvalue weighted by molar-refractivity contribution is 5.91. The third kappa shape index (κ3) is 14.0. The average molecular weight is 660 g/mol. The van der Waals surface area contributed by atoms with Gasteiger partial charge >= 0.3 is 24.0 Å². The summed E-state index contributed by atoms with van der Waals surface area (Å²) in [4.78, 5) is 62.2. The van der Waals surface area contributed by atoms with Crippen molar-refractivity contribution in [3.8, 4) is 5.75 Å². The Balaban J connectivity index is 1.82. The number of carbonyl (C=O) groups excluding carboxylic acids is 5. The van der Waals surface area contributed by atoms with E-state index in [0.717, 1.165) is 21.2 Å². The van der Waals surface area contributed by atoms with Crippen LogP contribution in [0, 0.1) is 10.8 Å². The first-order valence-electron chi connectivity index (χ1n) is 15.5. The second-order valence-electron chi connectivity index (χ2n) is 13.0. The Labute approximate surface area is 276 Å². The third-order valence-corrected chi connectivity index (χ3v) is 7.63. The fraction of sp³-hybridized carbons (Fsp3) is 0.571. The number of hydrogen-bond acceptors (Lipinski definition) is 11. The highest BCUT2D eigenvalue weighted by Crippen LogP contribution is 2.36. The summed E-state index contributed by atoms with van der Waals surface area (Å²) in [5.74, 6) is -1.28. The van der Waals surface area contributed by atoms with E-state index < -0.39 is 53.6 Å². The van der Waals surface area contributed by atoms with Crippen LogP contribution in [0.15, 0.2) is 36.4 Å². The first-order valence-corrected chi connectivity index (χ1v) is 15.5. The fourth-order valence-corrected chi connectivity index (χ4v) is 4.92. The highest BCUT2D eigenvalue weighted by Gasteiger charge is 2.30. The minimum absolute atomic E-state index is 0.0460. The lowest BCUT2D eigenvalue weighted by Crippen LogP contribution is -2.38. The number of esters is 3. The van der Waals surface area contributed by atoms with E-state index in [1.807, 2.05) is 64.1 Å². The molecule has 0 aliphatic rings. The Kier molecular flexibility index (Phi) is 15.1. The van der Waals surface area contributed by atoms with E-state index in [9.17, 15) is 24.0 Å². The van der Waals surface area contributed by atoms with Crippen molar-refractivity contribution in [2.24, 2.45) is 10.8 Å². The molecule has 0 fully saturated rings. The molecule has 0 saturated carbocycles.